The van der Waals surface area contributed by atoms with Gasteiger partial charge in [0.1, 0.15) is 12.1 Å². The summed E-state index contributed by atoms with van der Waals surface area (Å²) in [6, 6.07) is 5.40. The second-order valence-corrected chi connectivity index (χ2v) is 3.18. The SMILES string of the molecule is CNc1cc(Oc2cccnc2C)ncn1. The van der Waals surface area contributed by atoms with Crippen LogP contribution in [0.15, 0.2) is 30.7 Å². The Morgan fingerprint density at radius 2 is 2.12 bits per heavy atom. The van der Waals surface area contributed by atoms with Crippen molar-refractivity contribution in [2.45, 2.75) is 6.92 Å². The molecule has 2 aromatic rings. The third-order valence-corrected chi connectivity index (χ3v) is 2.07. The second-order valence-electron chi connectivity index (χ2n) is 3.18. The lowest BCUT2D eigenvalue weighted by atomic mass is 10.3. The van der Waals surface area contributed by atoms with Crippen molar-refractivity contribution in [2.75, 3.05) is 12.4 Å². The van der Waals surface area contributed by atoms with Crippen LogP contribution in [0.2, 0.25) is 0 Å². The molecule has 0 saturated carbocycles. The minimum atomic E-state index is 0.496. The number of nitrogens with one attached hydrogen (secondary N) is 1. The van der Waals surface area contributed by atoms with E-state index in [9.17, 15) is 0 Å². The minimum Gasteiger partial charge on any atom is -0.437 e. The van der Waals surface area contributed by atoms with E-state index in [1.807, 2.05) is 19.1 Å². The van der Waals surface area contributed by atoms with Gasteiger partial charge in [-0.3, -0.25) is 4.98 Å². The van der Waals surface area contributed by atoms with Crippen LogP contribution in [0.25, 0.3) is 0 Å². The fourth-order valence-corrected chi connectivity index (χ4v) is 1.22. The topological polar surface area (TPSA) is 59.9 Å². The summed E-state index contributed by atoms with van der Waals surface area (Å²) in [5.41, 5.74) is 0.826. The highest BCUT2D eigenvalue weighted by molar-refractivity contribution is 5.38. The maximum atomic E-state index is 5.60. The Balaban J connectivity index is 2.24. The van der Waals surface area contributed by atoms with Gasteiger partial charge in [0.2, 0.25) is 5.88 Å². The normalized spacial score (nSPS) is 9.88. The van der Waals surface area contributed by atoms with E-state index in [0.717, 1.165) is 5.69 Å². The van der Waals surface area contributed by atoms with E-state index in [4.69, 9.17) is 4.74 Å². The molecule has 5 heteroatoms. The molecular weight excluding hydrogens is 204 g/mol. The number of aromatic nitrogens is 3. The molecule has 0 radical (unpaired) electrons. The molecule has 0 aliphatic heterocycles. The predicted octanol–water partition coefficient (Wildman–Crippen LogP) is 2.01. The van der Waals surface area contributed by atoms with Crippen molar-refractivity contribution >= 4 is 5.82 Å². The van der Waals surface area contributed by atoms with E-state index in [0.29, 0.717) is 17.4 Å². The maximum Gasteiger partial charge on any atom is 0.224 e. The third kappa shape index (κ3) is 2.25. The summed E-state index contributed by atoms with van der Waals surface area (Å²) >= 11 is 0. The molecule has 82 valence electrons. The van der Waals surface area contributed by atoms with Crippen LogP contribution in [0.3, 0.4) is 0 Å². The molecule has 2 rings (SSSR count). The molecule has 0 amide bonds. The van der Waals surface area contributed by atoms with Crippen LogP contribution in [0.5, 0.6) is 11.6 Å². The summed E-state index contributed by atoms with van der Waals surface area (Å²) in [5, 5.41) is 2.92. The molecule has 0 spiro atoms. The Hall–Kier alpha value is -2.17. The van der Waals surface area contributed by atoms with Gasteiger partial charge in [-0.05, 0) is 19.1 Å². The first-order valence-electron chi connectivity index (χ1n) is 4.89. The van der Waals surface area contributed by atoms with Crippen molar-refractivity contribution in [2.24, 2.45) is 0 Å². The first-order valence-corrected chi connectivity index (χ1v) is 4.89. The molecule has 0 aliphatic carbocycles. The smallest absolute Gasteiger partial charge is 0.224 e. The fourth-order valence-electron chi connectivity index (χ4n) is 1.22. The standard InChI is InChI=1S/C11H12N4O/c1-8-9(4-3-5-13-8)16-11-6-10(12-2)14-7-15-11/h3-7H,1-2H3,(H,12,14,15). The van der Waals surface area contributed by atoms with Crippen molar-refractivity contribution in [1.82, 2.24) is 15.0 Å². The Morgan fingerprint density at radius 3 is 2.88 bits per heavy atom. The van der Waals surface area contributed by atoms with E-state index in [-0.39, 0.29) is 0 Å². The zero-order valence-electron chi connectivity index (χ0n) is 9.14. The van der Waals surface area contributed by atoms with Crippen molar-refractivity contribution in [3.8, 4) is 11.6 Å². The van der Waals surface area contributed by atoms with Gasteiger partial charge in [-0.1, -0.05) is 0 Å². The van der Waals surface area contributed by atoms with E-state index in [2.05, 4.69) is 20.3 Å². The van der Waals surface area contributed by atoms with Gasteiger partial charge in [-0.25, -0.2) is 9.97 Å². The van der Waals surface area contributed by atoms with Crippen molar-refractivity contribution in [1.29, 1.82) is 0 Å². The number of ether oxygens (including phenoxy) is 1. The lowest BCUT2D eigenvalue weighted by Crippen LogP contribution is -1.96. The summed E-state index contributed by atoms with van der Waals surface area (Å²) in [7, 11) is 1.79. The molecule has 0 bridgehead atoms. The maximum absolute atomic E-state index is 5.60. The van der Waals surface area contributed by atoms with Gasteiger partial charge in [0.25, 0.3) is 0 Å². The van der Waals surface area contributed by atoms with Gasteiger partial charge in [0, 0.05) is 19.3 Å². The van der Waals surface area contributed by atoms with Crippen LogP contribution in [-0.4, -0.2) is 22.0 Å². The van der Waals surface area contributed by atoms with Crippen molar-refractivity contribution < 1.29 is 4.74 Å². The monoisotopic (exact) mass is 216 g/mol. The summed E-state index contributed by atoms with van der Waals surface area (Å²) in [4.78, 5) is 12.2. The zero-order chi connectivity index (χ0) is 11.4. The van der Waals surface area contributed by atoms with E-state index in [1.54, 1.807) is 19.3 Å². The summed E-state index contributed by atoms with van der Waals surface area (Å²) in [6.45, 7) is 1.88. The fraction of sp³-hybridized carbons (Fsp3) is 0.182. The van der Waals surface area contributed by atoms with Crippen LogP contribution in [0.1, 0.15) is 5.69 Å². The molecular formula is C11H12N4O. The Morgan fingerprint density at radius 1 is 1.25 bits per heavy atom. The highest BCUT2D eigenvalue weighted by Crippen LogP contribution is 2.22. The van der Waals surface area contributed by atoms with Crippen molar-refractivity contribution in [3.63, 3.8) is 0 Å². The highest BCUT2D eigenvalue weighted by atomic mass is 16.5. The van der Waals surface area contributed by atoms with Crippen LogP contribution in [0, 0.1) is 6.92 Å². The number of hydrogen-bond acceptors (Lipinski definition) is 5. The zero-order valence-corrected chi connectivity index (χ0v) is 9.14. The average Bonchev–Trinajstić information content (AvgIpc) is 2.32. The molecule has 0 saturated heterocycles. The first-order chi connectivity index (χ1) is 7.79. The van der Waals surface area contributed by atoms with Crippen LogP contribution >= 0.6 is 0 Å². The lowest BCUT2D eigenvalue weighted by Gasteiger charge is -2.07. The number of rotatable bonds is 3. The average molecular weight is 216 g/mol. The first kappa shape index (κ1) is 10.4. The lowest BCUT2D eigenvalue weighted by molar-refractivity contribution is 0.455. The Labute approximate surface area is 93.5 Å². The number of pyridine rings is 1. The summed E-state index contributed by atoms with van der Waals surface area (Å²) < 4.78 is 5.60. The van der Waals surface area contributed by atoms with Gasteiger partial charge in [0.15, 0.2) is 5.75 Å². The van der Waals surface area contributed by atoms with Gasteiger partial charge in [-0.2, -0.15) is 0 Å². The third-order valence-electron chi connectivity index (χ3n) is 2.07. The van der Waals surface area contributed by atoms with E-state index < -0.39 is 0 Å². The number of aryl methyl sites for hydroxylation is 1. The van der Waals surface area contributed by atoms with Gasteiger partial charge >= 0.3 is 0 Å². The van der Waals surface area contributed by atoms with Gasteiger partial charge in [0.05, 0.1) is 5.69 Å². The molecule has 2 heterocycles. The summed E-state index contributed by atoms with van der Waals surface area (Å²) in [5.74, 6) is 1.91. The molecule has 1 N–H and O–H groups in total. The molecule has 0 aromatic carbocycles. The van der Waals surface area contributed by atoms with Crippen LogP contribution in [-0.2, 0) is 0 Å². The predicted molar refractivity (Wildman–Crippen MR) is 60.6 cm³/mol. The molecule has 0 aliphatic rings. The molecule has 2 aromatic heterocycles. The van der Waals surface area contributed by atoms with E-state index >= 15 is 0 Å². The highest BCUT2D eigenvalue weighted by Gasteiger charge is 2.03. The van der Waals surface area contributed by atoms with Gasteiger partial charge in [-0.15, -0.1) is 0 Å². The van der Waals surface area contributed by atoms with Crippen LogP contribution in [0.4, 0.5) is 5.82 Å². The van der Waals surface area contributed by atoms with Gasteiger partial charge < -0.3 is 10.1 Å². The molecule has 5 nitrogen and oxygen atoms in total. The van der Waals surface area contributed by atoms with E-state index in [1.165, 1.54) is 6.33 Å². The molecule has 16 heavy (non-hydrogen) atoms. The molecule has 0 atom stereocenters. The number of anilines is 1. The second kappa shape index (κ2) is 4.57. The Kier molecular flexibility index (Phi) is 2.95. The largest absolute Gasteiger partial charge is 0.437 e. The number of nitrogens with zero attached hydrogens (tertiary/aromatic N) is 3. The Bertz CT molecular complexity index is 487. The molecule has 0 unspecified atom stereocenters. The van der Waals surface area contributed by atoms with Crippen LogP contribution < -0.4 is 10.1 Å². The summed E-state index contributed by atoms with van der Waals surface area (Å²) in [6.07, 6.45) is 3.17. The minimum absolute atomic E-state index is 0.496. The number of hydrogen-bond donors (Lipinski definition) is 1. The quantitative estimate of drug-likeness (QED) is 0.850. The van der Waals surface area contributed by atoms with Crippen molar-refractivity contribution in [3.05, 3.63) is 36.4 Å². The molecule has 0 fully saturated rings.